The number of aryl methyl sites for hydroxylation is 2. The lowest BCUT2D eigenvalue weighted by Crippen LogP contribution is -2.62. The number of carbonyl (C=O) groups is 2. The van der Waals surface area contributed by atoms with E-state index in [-0.39, 0.29) is 5.91 Å². The van der Waals surface area contributed by atoms with Crippen LogP contribution < -0.4 is 15.5 Å². The lowest BCUT2D eigenvalue weighted by Gasteiger charge is -2.42. The predicted octanol–water partition coefficient (Wildman–Crippen LogP) is 0.863. The predicted molar refractivity (Wildman–Crippen MR) is 123 cm³/mol. The van der Waals surface area contributed by atoms with Crippen LogP contribution in [0.25, 0.3) is 0 Å². The van der Waals surface area contributed by atoms with E-state index >= 15 is 0 Å². The Labute approximate surface area is 197 Å². The number of benzene rings is 1. The highest BCUT2D eigenvalue weighted by Gasteiger charge is 2.65. The number of hydrogen-bond donors (Lipinski definition) is 3. The van der Waals surface area contributed by atoms with E-state index in [2.05, 4.69) is 20.7 Å². The molecular formula is C23H29N7O4. The number of urea groups is 1. The van der Waals surface area contributed by atoms with Crippen LogP contribution >= 0.6 is 0 Å². The zero-order chi connectivity index (χ0) is 24.2. The van der Waals surface area contributed by atoms with Crippen molar-refractivity contribution in [2.75, 3.05) is 11.4 Å². The summed E-state index contributed by atoms with van der Waals surface area (Å²) in [6.07, 6.45) is 0.0246. The number of aliphatic hydroxyl groups excluding tert-OH is 1. The lowest BCUT2D eigenvalue weighted by molar-refractivity contribution is -0.112. The van der Waals surface area contributed by atoms with Gasteiger partial charge in [0.25, 0.3) is 5.91 Å². The summed E-state index contributed by atoms with van der Waals surface area (Å²) in [7, 11) is 1.81. The van der Waals surface area contributed by atoms with E-state index in [0.29, 0.717) is 24.5 Å². The van der Waals surface area contributed by atoms with Crippen molar-refractivity contribution < 1.29 is 19.4 Å². The summed E-state index contributed by atoms with van der Waals surface area (Å²) >= 11 is 0. The number of anilines is 1. The van der Waals surface area contributed by atoms with Crippen molar-refractivity contribution in [1.82, 2.24) is 30.3 Å². The van der Waals surface area contributed by atoms with E-state index in [1.54, 1.807) is 35.1 Å². The van der Waals surface area contributed by atoms with Gasteiger partial charge < -0.3 is 25.4 Å². The van der Waals surface area contributed by atoms with Crippen LogP contribution in [0.15, 0.2) is 42.1 Å². The monoisotopic (exact) mass is 467 g/mol. The average molecular weight is 468 g/mol. The van der Waals surface area contributed by atoms with Gasteiger partial charge in [0.15, 0.2) is 6.23 Å². The molecule has 0 saturated carbocycles. The second-order valence-corrected chi connectivity index (χ2v) is 9.08. The summed E-state index contributed by atoms with van der Waals surface area (Å²) < 4.78 is 8.00. The van der Waals surface area contributed by atoms with Gasteiger partial charge in [-0.25, -0.2) is 4.79 Å². The summed E-state index contributed by atoms with van der Waals surface area (Å²) in [5.41, 5.74) is 0.405. The molecule has 1 aromatic heterocycles. The van der Waals surface area contributed by atoms with Gasteiger partial charge >= 0.3 is 6.03 Å². The van der Waals surface area contributed by atoms with E-state index < -0.39 is 36.2 Å². The third-order valence-electron chi connectivity index (χ3n) is 7.02. The molecule has 2 fully saturated rings. The molecule has 3 amide bonds. The Hall–Kier alpha value is -3.44. The average Bonchev–Trinajstić information content (AvgIpc) is 3.42. The van der Waals surface area contributed by atoms with Crippen molar-refractivity contribution in [1.29, 1.82) is 0 Å². The van der Waals surface area contributed by atoms with Crippen LogP contribution in [-0.4, -0.2) is 73.4 Å². The van der Waals surface area contributed by atoms with Crippen molar-refractivity contribution in [3.8, 4) is 0 Å². The zero-order valence-corrected chi connectivity index (χ0v) is 19.6. The number of rotatable bonds is 5. The highest BCUT2D eigenvalue weighted by atomic mass is 16.6. The molecule has 11 heteroatoms. The number of nitrogens with zero attached hydrogens (tertiary/aromatic N) is 5. The molecule has 2 unspecified atom stereocenters. The smallest absolute Gasteiger partial charge is 0.325 e. The molecular weight excluding hydrogens is 438 g/mol. The summed E-state index contributed by atoms with van der Waals surface area (Å²) in [6.45, 7) is 6.07. The molecule has 0 spiro atoms. The molecule has 3 aliphatic rings. The Morgan fingerprint density at radius 2 is 2.06 bits per heavy atom. The number of fused-ring (bicyclic) bond motifs is 2. The van der Waals surface area contributed by atoms with Crippen LogP contribution in [0.4, 0.5) is 10.7 Å². The molecule has 5 rings (SSSR count). The van der Waals surface area contributed by atoms with Gasteiger partial charge in [-0.2, -0.15) is 4.98 Å². The number of aliphatic hydroxyl groups is 1. The molecule has 2 bridgehead atoms. The Bertz CT molecular complexity index is 1130. The number of morpholine rings is 1. The number of nitrogens with one attached hydrogen (secondary N) is 2. The first-order valence-corrected chi connectivity index (χ1v) is 11.4. The Balaban J connectivity index is 1.40. The normalized spacial score (nSPS) is 30.4. The highest BCUT2D eigenvalue weighted by molar-refractivity contribution is 5.95. The number of carbonyl (C=O) groups excluding carboxylic acids is 2. The van der Waals surface area contributed by atoms with E-state index in [4.69, 9.17) is 4.74 Å². The van der Waals surface area contributed by atoms with Gasteiger partial charge in [-0.3, -0.25) is 14.4 Å². The SMILES string of the molecule is CC[C@@]12CN(c3nc(C)n(C)n3)[C@@H](C(N3C=C(C)C(NC(=O)c4ccccc4)NC3=O)O1)[C@@H]2O. The van der Waals surface area contributed by atoms with E-state index in [0.717, 1.165) is 11.4 Å². The largest absolute Gasteiger partial charge is 0.388 e. The molecule has 11 nitrogen and oxygen atoms in total. The summed E-state index contributed by atoms with van der Waals surface area (Å²) in [5.74, 6) is 0.962. The Morgan fingerprint density at radius 1 is 1.32 bits per heavy atom. The van der Waals surface area contributed by atoms with Crippen LogP contribution in [0.5, 0.6) is 0 Å². The Kier molecular flexibility index (Phi) is 5.33. The molecule has 180 valence electrons. The molecule has 0 radical (unpaired) electrons. The first kappa shape index (κ1) is 22.4. The topological polar surface area (TPSA) is 125 Å². The number of amides is 3. The number of hydrogen-bond acceptors (Lipinski definition) is 7. The van der Waals surface area contributed by atoms with Gasteiger partial charge in [0.1, 0.15) is 29.7 Å². The lowest BCUT2D eigenvalue weighted by atomic mass is 9.96. The van der Waals surface area contributed by atoms with Crippen molar-refractivity contribution in [2.45, 2.75) is 57.3 Å². The van der Waals surface area contributed by atoms with Crippen LogP contribution in [0.3, 0.4) is 0 Å². The summed E-state index contributed by atoms with van der Waals surface area (Å²) in [6, 6.07) is 7.86. The maximum Gasteiger partial charge on any atom is 0.325 e. The van der Waals surface area contributed by atoms with Gasteiger partial charge in [0.2, 0.25) is 5.95 Å². The van der Waals surface area contributed by atoms with Crippen molar-refractivity contribution in [3.63, 3.8) is 0 Å². The third-order valence-corrected chi connectivity index (χ3v) is 7.02. The van der Waals surface area contributed by atoms with Gasteiger partial charge in [-0.1, -0.05) is 25.1 Å². The molecule has 0 aliphatic carbocycles. The molecule has 2 aromatic rings. The minimum absolute atomic E-state index is 0.286. The van der Waals surface area contributed by atoms with Gasteiger partial charge in [-0.05, 0) is 38.0 Å². The Morgan fingerprint density at radius 3 is 2.68 bits per heavy atom. The van der Waals surface area contributed by atoms with Crippen molar-refractivity contribution in [2.24, 2.45) is 7.05 Å². The third kappa shape index (κ3) is 3.43. The van der Waals surface area contributed by atoms with E-state index in [1.807, 2.05) is 38.8 Å². The first-order valence-electron chi connectivity index (χ1n) is 11.4. The van der Waals surface area contributed by atoms with Gasteiger partial charge in [0.05, 0.1) is 6.54 Å². The fourth-order valence-corrected chi connectivity index (χ4v) is 4.90. The highest BCUT2D eigenvalue weighted by Crippen LogP contribution is 2.46. The van der Waals surface area contributed by atoms with Crippen molar-refractivity contribution >= 4 is 17.9 Å². The second kappa shape index (κ2) is 8.10. The second-order valence-electron chi connectivity index (χ2n) is 9.08. The molecule has 4 heterocycles. The molecule has 2 saturated heterocycles. The van der Waals surface area contributed by atoms with Gasteiger partial charge in [-0.15, -0.1) is 5.10 Å². The maximum absolute atomic E-state index is 13.1. The number of aromatic nitrogens is 3. The minimum Gasteiger partial charge on any atom is -0.388 e. The van der Waals surface area contributed by atoms with E-state index in [9.17, 15) is 14.7 Å². The fourth-order valence-electron chi connectivity index (χ4n) is 4.90. The number of ether oxygens (including phenoxy) is 1. The standard InChI is InChI=1S/C23H29N7O4/c1-5-23-12-30(21-24-14(3)28(4)27-21)16(17(23)31)20(34-23)29-11-13(2)18(26-22(29)33)25-19(32)15-9-7-6-8-10-15/h6-11,16-18,20,31H,5,12H2,1-4H3,(H,25,32)(H,26,33)/t16-,17+,18?,20?,23+/m1/s1. The van der Waals surface area contributed by atoms with E-state index in [1.165, 1.54) is 4.90 Å². The molecule has 3 aliphatic heterocycles. The molecule has 1 aromatic carbocycles. The van der Waals surface area contributed by atoms with Crippen LogP contribution in [0, 0.1) is 6.92 Å². The minimum atomic E-state index is -0.831. The van der Waals surface area contributed by atoms with Crippen LogP contribution in [-0.2, 0) is 11.8 Å². The van der Waals surface area contributed by atoms with Crippen LogP contribution in [0.1, 0.15) is 36.5 Å². The maximum atomic E-state index is 13.1. The van der Waals surface area contributed by atoms with Crippen LogP contribution in [0.2, 0.25) is 0 Å². The summed E-state index contributed by atoms with van der Waals surface area (Å²) in [4.78, 5) is 33.6. The zero-order valence-electron chi connectivity index (χ0n) is 19.6. The molecule has 3 N–H and O–H groups in total. The quantitative estimate of drug-likeness (QED) is 0.596. The summed E-state index contributed by atoms with van der Waals surface area (Å²) in [5, 5.41) is 21.3. The molecule has 34 heavy (non-hydrogen) atoms. The van der Waals surface area contributed by atoms with Crippen molar-refractivity contribution in [3.05, 3.63) is 53.5 Å². The first-order chi connectivity index (χ1) is 16.2. The molecule has 5 atom stereocenters. The van der Waals surface area contributed by atoms with Gasteiger partial charge in [0, 0.05) is 18.8 Å². The fraction of sp³-hybridized carbons (Fsp3) is 0.478.